The molecule has 2 aliphatic rings. The van der Waals surface area contributed by atoms with Crippen molar-refractivity contribution in [2.45, 2.75) is 0 Å². The molecular formula is C30H26N5O3Zn. The number of aromatic carboxylic acids is 1. The van der Waals surface area contributed by atoms with Crippen LogP contribution >= 0.6 is 0 Å². The topological polar surface area (TPSA) is 115 Å². The molecule has 9 heteroatoms. The Balaban J connectivity index is 0.000000196. The minimum atomic E-state index is -0.861. The number of fused-ring (bicyclic) bond motifs is 8. The second-order valence-corrected chi connectivity index (χ2v) is 10.7. The average Bonchev–Trinajstić information content (AvgIpc) is 3.71. The van der Waals surface area contributed by atoms with Crippen LogP contribution in [0, 0.1) is 0 Å². The molecule has 39 heavy (non-hydrogen) atoms. The molecule has 3 aromatic heterocycles. The van der Waals surface area contributed by atoms with Crippen molar-refractivity contribution < 1.29 is 33.0 Å². The number of carboxylic acid groups (broad SMARTS) is 1. The molecule has 0 radical (unpaired) electrons. The Kier molecular flexibility index (Phi) is 8.97. The van der Waals surface area contributed by atoms with E-state index in [1.54, 1.807) is 26.2 Å². The second kappa shape index (κ2) is 12.8. The van der Waals surface area contributed by atoms with E-state index in [2.05, 4.69) is 44.2 Å². The van der Waals surface area contributed by atoms with Gasteiger partial charge in [-0.15, -0.1) is 0 Å². The SMILES string of the molecule is C1=Cc2cc3ccc(cc4nc(cc5ccc(cc1n2)[nH]5)C=C4)[nH]3.CN(C)C=O.O=C(O)c1cc[c]([Zn])cc1. The van der Waals surface area contributed by atoms with Crippen molar-refractivity contribution in [3.05, 3.63) is 101 Å². The van der Waals surface area contributed by atoms with Gasteiger partial charge in [0.1, 0.15) is 0 Å². The van der Waals surface area contributed by atoms with Crippen LogP contribution in [-0.2, 0) is 23.1 Å². The van der Waals surface area contributed by atoms with E-state index in [1.165, 1.54) is 9.06 Å². The molecule has 0 saturated carbocycles. The molecule has 5 heterocycles. The van der Waals surface area contributed by atoms with E-state index in [-0.39, 0.29) is 0 Å². The van der Waals surface area contributed by atoms with Crippen LogP contribution in [0.1, 0.15) is 33.1 Å². The van der Waals surface area contributed by atoms with Crippen LogP contribution in [0.5, 0.6) is 0 Å². The van der Waals surface area contributed by atoms with Gasteiger partial charge in [0.15, 0.2) is 0 Å². The number of carbonyl (C=O) groups is 2. The molecule has 0 aliphatic carbocycles. The summed E-state index contributed by atoms with van der Waals surface area (Å²) in [6, 6.07) is 23.3. The van der Waals surface area contributed by atoms with Gasteiger partial charge >= 0.3 is 68.2 Å². The zero-order valence-electron chi connectivity index (χ0n) is 21.6. The van der Waals surface area contributed by atoms with E-state index >= 15 is 0 Å². The summed E-state index contributed by atoms with van der Waals surface area (Å²) in [5, 5.41) is 8.49. The molecule has 1 aromatic carbocycles. The zero-order valence-corrected chi connectivity index (χ0v) is 24.6. The molecule has 8 bridgehead atoms. The Hall–Kier alpha value is -4.62. The van der Waals surface area contributed by atoms with Gasteiger partial charge < -0.3 is 14.9 Å². The van der Waals surface area contributed by atoms with Gasteiger partial charge in [-0.3, -0.25) is 4.79 Å². The predicted molar refractivity (Wildman–Crippen MR) is 152 cm³/mol. The molecule has 6 rings (SSSR count). The van der Waals surface area contributed by atoms with Crippen LogP contribution in [0.15, 0.2) is 72.8 Å². The Morgan fingerprint density at radius 3 is 1.33 bits per heavy atom. The molecular weight excluding hydrogens is 544 g/mol. The van der Waals surface area contributed by atoms with Crippen molar-refractivity contribution in [1.29, 1.82) is 0 Å². The van der Waals surface area contributed by atoms with Crippen molar-refractivity contribution in [3.8, 4) is 0 Å². The number of hydrogen-bond donors (Lipinski definition) is 3. The van der Waals surface area contributed by atoms with Gasteiger partial charge in [-0.25, -0.2) is 9.97 Å². The summed E-state index contributed by atoms with van der Waals surface area (Å²) >= 11 is 1.07. The number of nitrogens with zero attached hydrogens (tertiary/aromatic N) is 3. The Morgan fingerprint density at radius 1 is 0.718 bits per heavy atom. The maximum absolute atomic E-state index is 10.3. The fourth-order valence-corrected chi connectivity index (χ4v) is 4.09. The van der Waals surface area contributed by atoms with E-state index < -0.39 is 5.97 Å². The molecule has 0 atom stereocenters. The third-order valence-electron chi connectivity index (χ3n) is 5.45. The molecule has 0 saturated heterocycles. The summed E-state index contributed by atoms with van der Waals surface area (Å²) in [6.07, 6.45) is 8.84. The predicted octanol–water partition coefficient (Wildman–Crippen LogP) is 4.92. The third kappa shape index (κ3) is 8.18. The summed E-state index contributed by atoms with van der Waals surface area (Å²) < 4.78 is 1.20. The number of aromatic nitrogens is 4. The van der Waals surface area contributed by atoms with Crippen molar-refractivity contribution in [2.24, 2.45) is 0 Å². The third-order valence-corrected chi connectivity index (χ3v) is 6.44. The molecule has 191 valence electrons. The molecule has 0 spiro atoms. The second-order valence-electron chi connectivity index (χ2n) is 8.98. The van der Waals surface area contributed by atoms with Gasteiger partial charge in [0.25, 0.3) is 0 Å². The fourth-order valence-electron chi connectivity index (χ4n) is 3.59. The van der Waals surface area contributed by atoms with Crippen LogP contribution in [0.25, 0.3) is 46.4 Å². The summed E-state index contributed by atoms with van der Waals surface area (Å²) in [6.45, 7) is 0. The number of carboxylic acids is 1. The summed E-state index contributed by atoms with van der Waals surface area (Å²) in [5.74, 6) is -0.861. The number of rotatable bonds is 2. The molecule has 8 nitrogen and oxygen atoms in total. The first-order chi connectivity index (χ1) is 18.8. The van der Waals surface area contributed by atoms with E-state index in [0.29, 0.717) is 5.56 Å². The molecule has 0 unspecified atom stereocenters. The first-order valence-corrected chi connectivity index (χ1v) is 13.6. The molecule has 2 aliphatic heterocycles. The van der Waals surface area contributed by atoms with Crippen LogP contribution < -0.4 is 4.16 Å². The van der Waals surface area contributed by atoms with Crippen molar-refractivity contribution in [2.75, 3.05) is 14.1 Å². The van der Waals surface area contributed by atoms with Crippen molar-refractivity contribution in [1.82, 2.24) is 24.8 Å². The van der Waals surface area contributed by atoms with Crippen LogP contribution in [-0.4, -0.2) is 56.4 Å². The molecule has 1 amide bonds. The van der Waals surface area contributed by atoms with Gasteiger partial charge in [0.2, 0.25) is 6.41 Å². The Morgan fingerprint density at radius 2 is 1.05 bits per heavy atom. The number of amides is 1. The summed E-state index contributed by atoms with van der Waals surface area (Å²) in [7, 11) is 3.38. The molecule has 3 N–H and O–H groups in total. The fraction of sp³-hybridized carbons (Fsp3) is 0.0667. The van der Waals surface area contributed by atoms with E-state index in [4.69, 9.17) is 5.11 Å². The summed E-state index contributed by atoms with van der Waals surface area (Å²) in [4.78, 5) is 37.2. The number of nitrogens with one attached hydrogen (secondary N) is 2. The average molecular weight is 570 g/mol. The van der Waals surface area contributed by atoms with Crippen molar-refractivity contribution >= 4 is 62.9 Å². The monoisotopic (exact) mass is 568 g/mol. The zero-order chi connectivity index (χ0) is 27.8. The number of H-pyrrole nitrogens is 2. The van der Waals surface area contributed by atoms with Gasteiger partial charge in [0.05, 0.1) is 22.8 Å². The van der Waals surface area contributed by atoms with Gasteiger partial charge in [-0.2, -0.15) is 0 Å². The minimum absolute atomic E-state index is 0.359. The number of benzene rings is 1. The van der Waals surface area contributed by atoms with Crippen LogP contribution in [0.4, 0.5) is 0 Å². The number of hydrogen-bond acceptors (Lipinski definition) is 4. The van der Waals surface area contributed by atoms with Gasteiger partial charge in [-0.1, -0.05) is 0 Å². The van der Waals surface area contributed by atoms with Crippen molar-refractivity contribution in [3.63, 3.8) is 0 Å². The first kappa shape index (κ1) is 27.4. The van der Waals surface area contributed by atoms with Crippen LogP contribution in [0.2, 0.25) is 0 Å². The summed E-state index contributed by atoms with van der Waals surface area (Å²) in [5.41, 5.74) is 8.22. The van der Waals surface area contributed by atoms with Gasteiger partial charge in [0, 0.05) is 36.2 Å². The Labute approximate surface area is 235 Å². The molecule has 0 fully saturated rings. The normalized spacial score (nSPS) is 11.1. The van der Waals surface area contributed by atoms with E-state index in [9.17, 15) is 9.59 Å². The Bertz CT molecular complexity index is 1520. The first-order valence-electron chi connectivity index (χ1n) is 12.1. The number of carbonyl (C=O) groups excluding carboxylic acids is 1. The van der Waals surface area contributed by atoms with E-state index in [0.717, 1.165) is 69.6 Å². The standard InChI is InChI=1S/C20H14N4.C7H5O2.C3H7NO.Zn/c1-2-14-10-16-5-6-18(23-16)12-20-8-7-19(24-20)11-17-4-3-15(22-17)9-13(1)21-14;8-7(9)6-4-2-1-3-5-6;1-4(2)3-5;/h1-12,21,24H;2-5H,(H,8,9);3H,1-2H3;. The van der Waals surface area contributed by atoms with Gasteiger partial charge in [-0.05, 0) is 72.8 Å². The van der Waals surface area contributed by atoms with Crippen LogP contribution in [0.3, 0.4) is 0 Å². The maximum atomic E-state index is 10.3. The number of aromatic amines is 2. The molecule has 4 aromatic rings. The quantitative estimate of drug-likeness (QED) is 0.202. The van der Waals surface area contributed by atoms with E-state index in [1.807, 2.05) is 60.7 Å².